The molecule has 0 bridgehead atoms. The first-order valence-corrected chi connectivity index (χ1v) is 10.8. The summed E-state index contributed by atoms with van der Waals surface area (Å²) in [5.74, 6) is 0.639. The van der Waals surface area contributed by atoms with E-state index < -0.39 is 0 Å². The average molecular weight is 443 g/mol. The third kappa shape index (κ3) is 4.33. The fourth-order valence-electron chi connectivity index (χ4n) is 3.90. The molecule has 3 aromatic rings. The van der Waals surface area contributed by atoms with Crippen molar-refractivity contribution >= 4 is 22.9 Å². The third-order valence-electron chi connectivity index (χ3n) is 5.78. The Hall–Kier alpha value is -3.34. The highest BCUT2D eigenvalue weighted by Gasteiger charge is 2.22. The molecule has 4 rings (SSSR count). The minimum atomic E-state index is -0.303. The molecule has 0 spiro atoms. The predicted octanol–water partition coefficient (Wildman–Crippen LogP) is 2.52. The number of rotatable bonds is 7. The molecule has 2 aromatic heterocycles. The molecule has 1 fully saturated rings. The normalized spacial score (nSPS) is 18.8. The van der Waals surface area contributed by atoms with Crippen LogP contribution in [0.3, 0.4) is 0 Å². The van der Waals surface area contributed by atoms with Gasteiger partial charge in [0.1, 0.15) is 0 Å². The van der Waals surface area contributed by atoms with E-state index in [0.717, 1.165) is 25.7 Å². The zero-order valence-electron chi connectivity index (χ0n) is 18.5. The zero-order valence-corrected chi connectivity index (χ0v) is 18.5. The van der Waals surface area contributed by atoms with Crippen LogP contribution in [-0.2, 0) is 6.54 Å². The number of benzene rings is 1. The van der Waals surface area contributed by atoms with Crippen LogP contribution in [0.1, 0.15) is 51.1 Å². The number of aromatic hydroxyl groups is 2. The summed E-state index contributed by atoms with van der Waals surface area (Å²) in [6.45, 7) is 4.23. The Balaban J connectivity index is 1.63. The highest BCUT2D eigenvalue weighted by molar-refractivity contribution is 5.83. The fraction of sp³-hybridized carbons (Fsp3) is 0.524. The van der Waals surface area contributed by atoms with Crippen LogP contribution < -0.4 is 21.1 Å². The van der Waals surface area contributed by atoms with E-state index in [-0.39, 0.29) is 41.9 Å². The first-order valence-electron chi connectivity index (χ1n) is 10.8. The van der Waals surface area contributed by atoms with Crippen LogP contribution in [0.2, 0.25) is 0 Å². The standard InChI is InChI=1S/C21H30N8O3/c1-11(2)29-20-16(27-28-29)19(23-10-12-4-9-15(32-3)18(31)17(12)30)25-21(26-20)24-14-7-5-13(22)6-8-14/h4,9,11,13-14,30-31H,5-8,10,22H2,1-3H3,(H2,23,24,25,26). The molecule has 6 N–H and O–H groups in total. The van der Waals surface area contributed by atoms with E-state index in [4.69, 9.17) is 10.5 Å². The lowest BCUT2D eigenvalue weighted by Crippen LogP contribution is -2.33. The summed E-state index contributed by atoms with van der Waals surface area (Å²) in [6, 6.07) is 3.86. The van der Waals surface area contributed by atoms with Crippen molar-refractivity contribution in [2.24, 2.45) is 5.73 Å². The van der Waals surface area contributed by atoms with E-state index in [0.29, 0.717) is 28.5 Å². The van der Waals surface area contributed by atoms with Gasteiger partial charge in [-0.2, -0.15) is 9.97 Å². The lowest BCUT2D eigenvalue weighted by atomic mass is 9.92. The molecule has 1 saturated carbocycles. The number of ether oxygens (including phenoxy) is 1. The maximum Gasteiger partial charge on any atom is 0.227 e. The summed E-state index contributed by atoms with van der Waals surface area (Å²) >= 11 is 0. The van der Waals surface area contributed by atoms with E-state index in [1.165, 1.54) is 7.11 Å². The highest BCUT2D eigenvalue weighted by Crippen LogP contribution is 2.38. The third-order valence-corrected chi connectivity index (χ3v) is 5.78. The van der Waals surface area contributed by atoms with Crippen LogP contribution in [0.25, 0.3) is 11.2 Å². The molecule has 11 heteroatoms. The Labute approximate surface area is 186 Å². The Morgan fingerprint density at radius 2 is 1.91 bits per heavy atom. The second kappa shape index (κ2) is 9.03. The van der Waals surface area contributed by atoms with Crippen LogP contribution in [0, 0.1) is 0 Å². The van der Waals surface area contributed by atoms with Gasteiger partial charge >= 0.3 is 0 Å². The van der Waals surface area contributed by atoms with Gasteiger partial charge in [0, 0.05) is 24.2 Å². The minimum Gasteiger partial charge on any atom is -0.504 e. The van der Waals surface area contributed by atoms with Crippen LogP contribution >= 0.6 is 0 Å². The lowest BCUT2D eigenvalue weighted by Gasteiger charge is -2.26. The summed E-state index contributed by atoms with van der Waals surface area (Å²) in [5.41, 5.74) is 7.67. The Morgan fingerprint density at radius 3 is 2.59 bits per heavy atom. The summed E-state index contributed by atoms with van der Waals surface area (Å²) < 4.78 is 6.78. The van der Waals surface area contributed by atoms with Crippen molar-refractivity contribution in [1.82, 2.24) is 25.0 Å². The monoisotopic (exact) mass is 442 g/mol. The summed E-state index contributed by atoms with van der Waals surface area (Å²) in [5, 5.41) is 35.5. The molecule has 0 atom stereocenters. The van der Waals surface area contributed by atoms with Crippen molar-refractivity contribution in [2.45, 2.75) is 64.2 Å². The SMILES string of the molecule is COc1ccc(CNc2nc(NC3CCC(N)CC3)nc3c2nnn3C(C)C)c(O)c1O. The van der Waals surface area contributed by atoms with Gasteiger partial charge in [-0.05, 0) is 51.7 Å². The maximum absolute atomic E-state index is 10.3. The molecule has 0 radical (unpaired) electrons. The number of methoxy groups -OCH3 is 1. The molecule has 0 saturated heterocycles. The number of phenols is 2. The fourth-order valence-corrected chi connectivity index (χ4v) is 3.90. The maximum atomic E-state index is 10.3. The molecule has 32 heavy (non-hydrogen) atoms. The molecular weight excluding hydrogens is 412 g/mol. The second-order valence-electron chi connectivity index (χ2n) is 8.43. The van der Waals surface area contributed by atoms with E-state index in [2.05, 4.69) is 30.9 Å². The number of phenolic OH excluding ortho intramolecular Hbond substituents is 2. The predicted molar refractivity (Wildman–Crippen MR) is 121 cm³/mol. The van der Waals surface area contributed by atoms with Gasteiger partial charge in [0.2, 0.25) is 11.7 Å². The number of nitrogens with two attached hydrogens (primary N) is 1. The number of nitrogens with one attached hydrogen (secondary N) is 2. The van der Waals surface area contributed by atoms with Crippen molar-refractivity contribution < 1.29 is 14.9 Å². The molecule has 0 amide bonds. The van der Waals surface area contributed by atoms with E-state index in [1.54, 1.807) is 16.8 Å². The van der Waals surface area contributed by atoms with Crippen LogP contribution in [0.15, 0.2) is 12.1 Å². The molecule has 1 aliphatic rings. The van der Waals surface area contributed by atoms with E-state index in [1.807, 2.05) is 13.8 Å². The Morgan fingerprint density at radius 1 is 1.16 bits per heavy atom. The molecule has 2 heterocycles. The molecular formula is C21H30N8O3. The van der Waals surface area contributed by atoms with Gasteiger partial charge in [-0.3, -0.25) is 0 Å². The topological polar surface area (TPSA) is 156 Å². The van der Waals surface area contributed by atoms with Gasteiger partial charge in [0.15, 0.2) is 28.5 Å². The van der Waals surface area contributed by atoms with E-state index >= 15 is 0 Å². The number of hydrogen-bond acceptors (Lipinski definition) is 10. The molecule has 0 aliphatic heterocycles. The van der Waals surface area contributed by atoms with Gasteiger partial charge in [-0.15, -0.1) is 5.10 Å². The molecule has 1 aliphatic carbocycles. The first kappa shape index (κ1) is 21.9. The number of anilines is 2. The van der Waals surface area contributed by atoms with Gasteiger partial charge in [0.05, 0.1) is 13.2 Å². The average Bonchev–Trinajstić information content (AvgIpc) is 3.21. The molecule has 172 valence electrons. The Kier molecular flexibility index (Phi) is 6.17. The zero-order chi connectivity index (χ0) is 22.8. The number of fused-ring (bicyclic) bond motifs is 1. The molecule has 1 aromatic carbocycles. The van der Waals surface area contributed by atoms with Crippen LogP contribution in [0.4, 0.5) is 11.8 Å². The first-order chi connectivity index (χ1) is 15.4. The largest absolute Gasteiger partial charge is 0.504 e. The van der Waals surface area contributed by atoms with Gasteiger partial charge in [-0.1, -0.05) is 5.21 Å². The lowest BCUT2D eigenvalue weighted by molar-refractivity contribution is 0.349. The molecule has 0 unspecified atom stereocenters. The van der Waals surface area contributed by atoms with Crippen molar-refractivity contribution in [2.75, 3.05) is 17.7 Å². The van der Waals surface area contributed by atoms with Crippen molar-refractivity contribution in [3.8, 4) is 17.2 Å². The number of hydrogen-bond donors (Lipinski definition) is 5. The van der Waals surface area contributed by atoms with Crippen molar-refractivity contribution in [3.63, 3.8) is 0 Å². The minimum absolute atomic E-state index is 0.0749. The van der Waals surface area contributed by atoms with Gasteiger partial charge in [0.25, 0.3) is 0 Å². The second-order valence-corrected chi connectivity index (χ2v) is 8.43. The summed E-state index contributed by atoms with van der Waals surface area (Å²) in [6.07, 6.45) is 3.87. The van der Waals surface area contributed by atoms with Crippen molar-refractivity contribution in [3.05, 3.63) is 17.7 Å². The van der Waals surface area contributed by atoms with Gasteiger partial charge in [-0.25, -0.2) is 4.68 Å². The number of nitrogens with zero attached hydrogens (tertiary/aromatic N) is 5. The summed E-state index contributed by atoms with van der Waals surface area (Å²) in [7, 11) is 1.43. The number of aromatic nitrogens is 5. The van der Waals surface area contributed by atoms with Crippen LogP contribution in [-0.4, -0.2) is 54.4 Å². The van der Waals surface area contributed by atoms with Crippen LogP contribution in [0.5, 0.6) is 17.2 Å². The Bertz CT molecular complexity index is 1090. The highest BCUT2D eigenvalue weighted by atomic mass is 16.5. The quantitative estimate of drug-likeness (QED) is 0.344. The summed E-state index contributed by atoms with van der Waals surface area (Å²) in [4.78, 5) is 9.32. The van der Waals surface area contributed by atoms with Gasteiger partial charge < -0.3 is 31.3 Å². The van der Waals surface area contributed by atoms with E-state index in [9.17, 15) is 10.2 Å². The van der Waals surface area contributed by atoms with Crippen molar-refractivity contribution in [1.29, 1.82) is 0 Å². The molecule has 11 nitrogen and oxygen atoms in total. The smallest absolute Gasteiger partial charge is 0.227 e.